The Bertz CT molecular complexity index is 674. The molecule has 0 aliphatic carbocycles. The highest BCUT2D eigenvalue weighted by Crippen LogP contribution is 2.37. The molecule has 24 heavy (non-hydrogen) atoms. The summed E-state index contributed by atoms with van der Waals surface area (Å²) in [6.45, 7) is 2.49. The summed E-state index contributed by atoms with van der Waals surface area (Å²) < 4.78 is 66.4. The van der Waals surface area contributed by atoms with Gasteiger partial charge in [0, 0.05) is 19.1 Å². The SMILES string of the molecule is CCCC1CN(S(=O)(=O)c2ccccc2C(F)(F)F)CC1N(C)C. The van der Waals surface area contributed by atoms with Crippen molar-refractivity contribution < 1.29 is 21.6 Å². The summed E-state index contributed by atoms with van der Waals surface area (Å²) in [6.07, 6.45) is -2.95. The zero-order valence-corrected chi connectivity index (χ0v) is 14.9. The van der Waals surface area contributed by atoms with Crippen molar-refractivity contribution in [3.8, 4) is 0 Å². The van der Waals surface area contributed by atoms with Crippen molar-refractivity contribution in [3.05, 3.63) is 29.8 Å². The molecule has 2 atom stereocenters. The summed E-state index contributed by atoms with van der Waals surface area (Å²) in [4.78, 5) is 1.29. The van der Waals surface area contributed by atoms with Crippen molar-refractivity contribution in [2.45, 2.75) is 36.9 Å². The molecule has 2 rings (SSSR count). The zero-order valence-electron chi connectivity index (χ0n) is 14.0. The van der Waals surface area contributed by atoms with Gasteiger partial charge >= 0.3 is 6.18 Å². The molecular weight excluding hydrogens is 341 g/mol. The van der Waals surface area contributed by atoms with E-state index in [0.717, 1.165) is 25.0 Å². The maximum Gasteiger partial charge on any atom is 0.417 e. The van der Waals surface area contributed by atoms with Crippen molar-refractivity contribution in [2.75, 3.05) is 27.2 Å². The molecule has 0 bridgehead atoms. The minimum Gasteiger partial charge on any atom is -0.305 e. The van der Waals surface area contributed by atoms with Gasteiger partial charge < -0.3 is 4.90 Å². The van der Waals surface area contributed by atoms with E-state index in [0.29, 0.717) is 0 Å². The minimum atomic E-state index is -4.70. The summed E-state index contributed by atoms with van der Waals surface area (Å²) in [7, 11) is -0.447. The largest absolute Gasteiger partial charge is 0.417 e. The first-order chi connectivity index (χ1) is 11.1. The summed E-state index contributed by atoms with van der Waals surface area (Å²) >= 11 is 0. The fourth-order valence-electron chi connectivity index (χ4n) is 3.32. The van der Waals surface area contributed by atoms with Crippen LogP contribution in [0.15, 0.2) is 29.2 Å². The molecule has 1 fully saturated rings. The third kappa shape index (κ3) is 3.75. The third-order valence-electron chi connectivity index (χ3n) is 4.51. The van der Waals surface area contributed by atoms with E-state index in [1.165, 1.54) is 16.4 Å². The molecule has 1 aromatic rings. The van der Waals surface area contributed by atoms with Crippen LogP contribution in [0.4, 0.5) is 13.2 Å². The molecule has 1 aliphatic rings. The molecule has 0 spiro atoms. The van der Waals surface area contributed by atoms with E-state index < -0.39 is 26.7 Å². The van der Waals surface area contributed by atoms with Gasteiger partial charge in [-0.2, -0.15) is 17.5 Å². The number of benzene rings is 1. The highest BCUT2D eigenvalue weighted by atomic mass is 32.2. The van der Waals surface area contributed by atoms with E-state index >= 15 is 0 Å². The van der Waals surface area contributed by atoms with Crippen molar-refractivity contribution in [1.29, 1.82) is 0 Å². The van der Waals surface area contributed by atoms with Crippen LogP contribution in [0.1, 0.15) is 25.3 Å². The van der Waals surface area contributed by atoms with Gasteiger partial charge in [-0.15, -0.1) is 0 Å². The van der Waals surface area contributed by atoms with Crippen LogP contribution < -0.4 is 0 Å². The lowest BCUT2D eigenvalue weighted by Crippen LogP contribution is -2.36. The maximum atomic E-state index is 13.2. The Labute approximate surface area is 141 Å². The molecule has 2 unspecified atom stereocenters. The zero-order chi connectivity index (χ0) is 18.1. The molecule has 0 aromatic heterocycles. The second-order valence-corrected chi connectivity index (χ2v) is 8.30. The Hall–Kier alpha value is -1.12. The van der Waals surface area contributed by atoms with Gasteiger partial charge in [-0.1, -0.05) is 25.5 Å². The van der Waals surface area contributed by atoms with Crippen molar-refractivity contribution >= 4 is 10.0 Å². The van der Waals surface area contributed by atoms with Gasteiger partial charge in [-0.25, -0.2) is 8.42 Å². The standard InChI is InChI=1S/C16H23F3N2O2S/c1-4-7-12-10-21(11-14(12)20(2)3)24(22,23)15-9-6-5-8-13(15)16(17,18)19/h5-6,8-9,12,14H,4,7,10-11H2,1-3H3. The van der Waals surface area contributed by atoms with Crippen molar-refractivity contribution in [2.24, 2.45) is 5.92 Å². The monoisotopic (exact) mass is 364 g/mol. The number of likely N-dealkylation sites (N-methyl/N-ethyl adjacent to an activating group) is 1. The fourth-order valence-corrected chi connectivity index (χ4v) is 5.04. The Balaban J connectivity index is 2.39. The van der Waals surface area contributed by atoms with Gasteiger partial charge in [0.25, 0.3) is 0 Å². The van der Waals surface area contributed by atoms with Gasteiger partial charge in [-0.05, 0) is 38.6 Å². The summed E-state index contributed by atoms with van der Waals surface area (Å²) in [5.74, 6) is 0.123. The highest BCUT2D eigenvalue weighted by molar-refractivity contribution is 7.89. The van der Waals surface area contributed by atoms with E-state index in [1.54, 1.807) is 0 Å². The number of sulfonamides is 1. The predicted octanol–water partition coefficient (Wildman–Crippen LogP) is 3.06. The Morgan fingerprint density at radius 2 is 1.83 bits per heavy atom. The number of hydrogen-bond acceptors (Lipinski definition) is 3. The number of nitrogens with zero attached hydrogens (tertiary/aromatic N) is 2. The topological polar surface area (TPSA) is 40.6 Å². The summed E-state index contributed by atoms with van der Waals surface area (Å²) in [5.41, 5.74) is -1.11. The highest BCUT2D eigenvalue weighted by Gasteiger charge is 2.43. The second kappa shape index (κ2) is 7.01. The van der Waals surface area contributed by atoms with Gasteiger partial charge in [0.1, 0.15) is 0 Å². The molecule has 0 saturated carbocycles. The van der Waals surface area contributed by atoms with Crippen LogP contribution in [0.3, 0.4) is 0 Å². The smallest absolute Gasteiger partial charge is 0.305 e. The number of halogens is 3. The Morgan fingerprint density at radius 3 is 2.38 bits per heavy atom. The molecule has 8 heteroatoms. The molecule has 0 N–H and O–H groups in total. The van der Waals surface area contributed by atoms with Crippen LogP contribution in [-0.4, -0.2) is 50.8 Å². The fraction of sp³-hybridized carbons (Fsp3) is 0.625. The molecule has 1 saturated heterocycles. The van der Waals surface area contributed by atoms with Crippen LogP contribution in [0.2, 0.25) is 0 Å². The molecule has 1 heterocycles. The molecule has 136 valence electrons. The average Bonchev–Trinajstić information content (AvgIpc) is 2.92. The van der Waals surface area contributed by atoms with Crippen LogP contribution in [0, 0.1) is 5.92 Å². The van der Waals surface area contributed by atoms with Crippen molar-refractivity contribution in [1.82, 2.24) is 9.21 Å². The second-order valence-electron chi connectivity index (χ2n) is 6.40. The third-order valence-corrected chi connectivity index (χ3v) is 6.40. The normalized spacial score (nSPS) is 23.1. The summed E-state index contributed by atoms with van der Waals surface area (Å²) in [5, 5.41) is 0. The van der Waals surface area contributed by atoms with E-state index in [-0.39, 0.29) is 25.0 Å². The molecule has 4 nitrogen and oxygen atoms in total. The first-order valence-electron chi connectivity index (χ1n) is 7.91. The van der Waals surface area contributed by atoms with Gasteiger partial charge in [0.2, 0.25) is 10.0 Å². The van der Waals surface area contributed by atoms with Crippen LogP contribution in [0.25, 0.3) is 0 Å². The molecular formula is C16H23F3N2O2S. The van der Waals surface area contributed by atoms with Gasteiger partial charge in [-0.3, -0.25) is 0 Å². The Kier molecular flexibility index (Phi) is 5.61. The predicted molar refractivity (Wildman–Crippen MR) is 86.1 cm³/mol. The average molecular weight is 364 g/mol. The van der Waals surface area contributed by atoms with Crippen LogP contribution in [0.5, 0.6) is 0 Å². The Morgan fingerprint density at radius 1 is 1.21 bits per heavy atom. The van der Waals surface area contributed by atoms with Crippen LogP contribution in [-0.2, 0) is 16.2 Å². The van der Waals surface area contributed by atoms with E-state index in [4.69, 9.17) is 0 Å². The molecule has 1 aliphatic heterocycles. The lowest BCUT2D eigenvalue weighted by atomic mass is 9.98. The quantitative estimate of drug-likeness (QED) is 0.806. The minimum absolute atomic E-state index is 0.0118. The van der Waals surface area contributed by atoms with E-state index in [9.17, 15) is 21.6 Å². The molecule has 0 radical (unpaired) electrons. The van der Waals surface area contributed by atoms with Crippen LogP contribution >= 0.6 is 0 Å². The lowest BCUT2D eigenvalue weighted by Gasteiger charge is -2.24. The maximum absolute atomic E-state index is 13.2. The van der Waals surface area contributed by atoms with Gasteiger partial charge in [0.15, 0.2) is 0 Å². The number of hydrogen-bond donors (Lipinski definition) is 0. The van der Waals surface area contributed by atoms with E-state index in [1.807, 2.05) is 25.9 Å². The van der Waals surface area contributed by atoms with Crippen molar-refractivity contribution in [3.63, 3.8) is 0 Å². The van der Waals surface area contributed by atoms with E-state index in [2.05, 4.69) is 0 Å². The lowest BCUT2D eigenvalue weighted by molar-refractivity contribution is -0.139. The molecule has 1 aromatic carbocycles. The molecule has 0 amide bonds. The number of alkyl halides is 3. The summed E-state index contributed by atoms with van der Waals surface area (Å²) in [6, 6.07) is 4.39. The first kappa shape index (κ1) is 19.2. The number of rotatable bonds is 5. The van der Waals surface area contributed by atoms with Gasteiger partial charge in [0.05, 0.1) is 10.5 Å². The first-order valence-corrected chi connectivity index (χ1v) is 9.35.